The van der Waals surface area contributed by atoms with Crippen LogP contribution >= 0.6 is 0 Å². The lowest BCUT2D eigenvalue weighted by Crippen LogP contribution is -2.55. The van der Waals surface area contributed by atoms with Crippen molar-refractivity contribution in [3.05, 3.63) is 0 Å². The Balaban J connectivity index is 5.12. The molecule has 3 amide bonds. The number of nitrogens with one attached hydrogen (secondary N) is 1. The van der Waals surface area contributed by atoms with Gasteiger partial charge in [-0.25, -0.2) is 9.59 Å². The van der Waals surface area contributed by atoms with E-state index in [0.717, 1.165) is 0 Å². The summed E-state index contributed by atoms with van der Waals surface area (Å²) in [6.45, 7) is 12.2. The second kappa shape index (κ2) is 11.0. The zero-order valence-electron chi connectivity index (χ0n) is 19.4. The molecular formula is C20H37N3O6. The predicted octanol–water partition coefficient (Wildman–Crippen LogP) is 1.79. The Labute approximate surface area is 174 Å². The van der Waals surface area contributed by atoms with Crippen molar-refractivity contribution in [3.63, 3.8) is 0 Å². The summed E-state index contributed by atoms with van der Waals surface area (Å²) in [7, 11) is 4.20. The van der Waals surface area contributed by atoms with Crippen LogP contribution in [0.1, 0.15) is 54.9 Å². The Morgan fingerprint density at radius 1 is 0.931 bits per heavy atom. The molecule has 0 aliphatic carbocycles. The predicted molar refractivity (Wildman–Crippen MR) is 109 cm³/mol. The molecule has 29 heavy (non-hydrogen) atoms. The van der Waals surface area contributed by atoms with Gasteiger partial charge in [0.05, 0.1) is 7.11 Å². The van der Waals surface area contributed by atoms with E-state index in [0.29, 0.717) is 6.42 Å². The number of nitrogens with zero attached hydrogens (tertiary/aromatic N) is 2. The van der Waals surface area contributed by atoms with Crippen LogP contribution < -0.4 is 5.32 Å². The second-order valence-corrected chi connectivity index (χ2v) is 8.61. The summed E-state index contributed by atoms with van der Waals surface area (Å²) >= 11 is 0. The average molecular weight is 416 g/mol. The highest BCUT2D eigenvalue weighted by molar-refractivity contribution is 5.92. The van der Waals surface area contributed by atoms with Crippen molar-refractivity contribution in [2.24, 2.45) is 5.92 Å². The Hall–Kier alpha value is -2.32. The van der Waals surface area contributed by atoms with Crippen LogP contribution in [-0.2, 0) is 23.9 Å². The van der Waals surface area contributed by atoms with Gasteiger partial charge in [-0.2, -0.15) is 0 Å². The Morgan fingerprint density at radius 2 is 1.45 bits per heavy atom. The van der Waals surface area contributed by atoms with Crippen LogP contribution in [0, 0.1) is 5.92 Å². The average Bonchev–Trinajstić information content (AvgIpc) is 2.61. The summed E-state index contributed by atoms with van der Waals surface area (Å²) in [5.74, 6) is -1.29. The van der Waals surface area contributed by atoms with E-state index in [4.69, 9.17) is 9.47 Å². The van der Waals surface area contributed by atoms with Gasteiger partial charge in [0.1, 0.15) is 23.7 Å². The quantitative estimate of drug-likeness (QED) is 0.606. The van der Waals surface area contributed by atoms with Crippen molar-refractivity contribution >= 4 is 23.9 Å². The van der Waals surface area contributed by atoms with Crippen LogP contribution in [-0.4, -0.2) is 78.6 Å². The van der Waals surface area contributed by atoms with Gasteiger partial charge in [-0.05, 0) is 47.0 Å². The van der Waals surface area contributed by atoms with Gasteiger partial charge < -0.3 is 19.7 Å². The van der Waals surface area contributed by atoms with E-state index in [1.54, 1.807) is 34.6 Å². The van der Waals surface area contributed by atoms with Crippen molar-refractivity contribution in [2.75, 3.05) is 21.2 Å². The molecule has 0 aromatic rings. The van der Waals surface area contributed by atoms with Crippen molar-refractivity contribution in [1.82, 2.24) is 15.1 Å². The van der Waals surface area contributed by atoms with Crippen molar-refractivity contribution in [2.45, 2.75) is 78.6 Å². The topological polar surface area (TPSA) is 105 Å². The number of carbonyl (C=O) groups excluding carboxylic acids is 4. The minimum absolute atomic E-state index is 0.163. The third-order valence-electron chi connectivity index (χ3n) is 4.44. The van der Waals surface area contributed by atoms with E-state index in [2.05, 4.69) is 5.32 Å². The molecule has 0 heterocycles. The first-order valence-electron chi connectivity index (χ1n) is 9.73. The fourth-order valence-corrected chi connectivity index (χ4v) is 2.44. The summed E-state index contributed by atoms with van der Waals surface area (Å²) in [6.07, 6.45) is -0.216. The number of amides is 3. The maximum Gasteiger partial charge on any atom is 0.410 e. The molecule has 0 bridgehead atoms. The molecule has 0 aromatic heterocycles. The molecule has 0 saturated heterocycles. The molecule has 0 aliphatic heterocycles. The third-order valence-corrected chi connectivity index (χ3v) is 4.44. The third kappa shape index (κ3) is 8.70. The maximum atomic E-state index is 12.8. The molecule has 1 N–H and O–H groups in total. The van der Waals surface area contributed by atoms with Gasteiger partial charge in [0.15, 0.2) is 0 Å². The maximum absolute atomic E-state index is 12.8. The number of hydrogen-bond acceptors (Lipinski definition) is 6. The lowest BCUT2D eigenvalue weighted by atomic mass is 10.0. The van der Waals surface area contributed by atoms with Gasteiger partial charge >= 0.3 is 12.1 Å². The van der Waals surface area contributed by atoms with Crippen molar-refractivity contribution in [3.8, 4) is 0 Å². The lowest BCUT2D eigenvalue weighted by molar-refractivity contribution is -0.147. The van der Waals surface area contributed by atoms with E-state index in [-0.39, 0.29) is 5.92 Å². The van der Waals surface area contributed by atoms with E-state index >= 15 is 0 Å². The smallest absolute Gasteiger partial charge is 0.410 e. The minimum Gasteiger partial charge on any atom is -0.467 e. The fourth-order valence-electron chi connectivity index (χ4n) is 2.44. The highest BCUT2D eigenvalue weighted by Gasteiger charge is 2.33. The van der Waals surface area contributed by atoms with Crippen LogP contribution in [0.25, 0.3) is 0 Å². The molecule has 3 atom stereocenters. The van der Waals surface area contributed by atoms with E-state index in [1.165, 1.54) is 31.0 Å². The summed E-state index contributed by atoms with van der Waals surface area (Å²) in [5, 5.41) is 2.64. The molecule has 0 radical (unpaired) electrons. The Kier molecular flexibility index (Phi) is 10.1. The molecule has 0 aromatic carbocycles. The molecule has 0 fully saturated rings. The molecule has 0 rings (SSSR count). The Bertz CT molecular complexity index is 600. The van der Waals surface area contributed by atoms with E-state index in [1.807, 2.05) is 13.8 Å². The molecule has 168 valence electrons. The first kappa shape index (κ1) is 26.7. The van der Waals surface area contributed by atoms with Crippen LogP contribution in [0.3, 0.4) is 0 Å². The summed E-state index contributed by atoms with van der Waals surface area (Å²) in [6, 6.07) is -2.48. The van der Waals surface area contributed by atoms with E-state index in [9.17, 15) is 19.2 Å². The summed E-state index contributed by atoms with van der Waals surface area (Å²) < 4.78 is 10.0. The number of carbonyl (C=O) groups is 4. The number of hydrogen-bond donors (Lipinski definition) is 1. The highest BCUT2D eigenvalue weighted by atomic mass is 16.6. The molecule has 9 nitrogen and oxygen atoms in total. The van der Waals surface area contributed by atoms with Crippen LogP contribution in [0.2, 0.25) is 0 Å². The number of methoxy groups -OCH3 is 1. The van der Waals surface area contributed by atoms with Gasteiger partial charge in [-0.15, -0.1) is 0 Å². The molecule has 0 saturated carbocycles. The van der Waals surface area contributed by atoms with Gasteiger partial charge in [-0.3, -0.25) is 14.5 Å². The van der Waals surface area contributed by atoms with Crippen LogP contribution in [0.5, 0.6) is 0 Å². The largest absolute Gasteiger partial charge is 0.467 e. The van der Waals surface area contributed by atoms with Gasteiger partial charge in [-0.1, -0.05) is 13.8 Å². The normalized spacial score (nSPS) is 14.4. The number of esters is 1. The fraction of sp³-hybridized carbons (Fsp3) is 0.800. The zero-order chi connectivity index (χ0) is 23.1. The zero-order valence-corrected chi connectivity index (χ0v) is 19.4. The number of likely N-dealkylation sites (N-methyl/N-ethyl adjacent to an activating group) is 2. The standard InChI is InChI=1S/C20H37N3O6/c1-12(2)11-15(18(26)28-10)21-16(24)13(3)22(8)17(25)14(4)23(9)19(27)29-20(5,6)7/h12-15H,11H2,1-10H3,(H,21,24)/t13-,14+,15-/m1/s1. The lowest BCUT2D eigenvalue weighted by Gasteiger charge is -2.32. The van der Waals surface area contributed by atoms with Crippen molar-refractivity contribution in [1.29, 1.82) is 0 Å². The van der Waals surface area contributed by atoms with E-state index < -0.39 is 47.6 Å². The first-order valence-corrected chi connectivity index (χ1v) is 9.73. The number of ether oxygens (including phenoxy) is 2. The second-order valence-electron chi connectivity index (χ2n) is 8.61. The van der Waals surface area contributed by atoms with Gasteiger partial charge in [0, 0.05) is 14.1 Å². The van der Waals surface area contributed by atoms with Crippen LogP contribution in [0.4, 0.5) is 4.79 Å². The first-order chi connectivity index (χ1) is 13.1. The van der Waals surface area contributed by atoms with Gasteiger partial charge in [0.25, 0.3) is 0 Å². The summed E-state index contributed by atoms with van der Waals surface area (Å²) in [5.41, 5.74) is -0.688. The SMILES string of the molecule is COC(=O)[C@@H](CC(C)C)NC(=O)[C@@H](C)N(C)C(=O)[C@H](C)N(C)C(=O)OC(C)(C)C. The molecule has 0 unspecified atom stereocenters. The summed E-state index contributed by atoms with van der Waals surface area (Å²) in [4.78, 5) is 51.9. The van der Waals surface area contributed by atoms with Crippen LogP contribution in [0.15, 0.2) is 0 Å². The minimum atomic E-state index is -0.851. The highest BCUT2D eigenvalue weighted by Crippen LogP contribution is 2.13. The number of rotatable bonds is 8. The molecular weight excluding hydrogens is 378 g/mol. The molecule has 9 heteroatoms. The monoisotopic (exact) mass is 415 g/mol. The molecule has 0 aliphatic rings. The Morgan fingerprint density at radius 3 is 1.86 bits per heavy atom. The van der Waals surface area contributed by atoms with Gasteiger partial charge in [0.2, 0.25) is 11.8 Å². The van der Waals surface area contributed by atoms with Crippen molar-refractivity contribution < 1.29 is 28.7 Å². The molecule has 0 spiro atoms.